The van der Waals surface area contributed by atoms with Gasteiger partial charge in [0.05, 0.1) is 10.6 Å². The highest BCUT2D eigenvalue weighted by Crippen LogP contribution is 2.18. The highest BCUT2D eigenvalue weighted by atomic mass is 32.2. The number of halogens is 1. The second-order valence-electron chi connectivity index (χ2n) is 4.49. The summed E-state index contributed by atoms with van der Waals surface area (Å²) in [6.45, 7) is 2.45. The van der Waals surface area contributed by atoms with E-state index in [0.29, 0.717) is 5.56 Å². The van der Waals surface area contributed by atoms with Crippen molar-refractivity contribution in [3.05, 3.63) is 29.6 Å². The van der Waals surface area contributed by atoms with Crippen LogP contribution in [0.25, 0.3) is 0 Å². The first-order valence-electron chi connectivity index (χ1n) is 5.71. The molecule has 0 amide bonds. The van der Waals surface area contributed by atoms with E-state index in [1.807, 2.05) is 0 Å². The molecule has 1 heterocycles. The SMILES string of the molecule is Cc1cc(S(=O)(=O)CC2CCCN2)ccc1F. The molecule has 1 N–H and O–H groups in total. The highest BCUT2D eigenvalue weighted by molar-refractivity contribution is 7.91. The molecule has 1 aliphatic rings. The van der Waals surface area contributed by atoms with E-state index in [1.54, 1.807) is 6.92 Å². The van der Waals surface area contributed by atoms with Gasteiger partial charge in [0, 0.05) is 6.04 Å². The summed E-state index contributed by atoms with van der Waals surface area (Å²) in [6, 6.07) is 3.99. The standard InChI is InChI=1S/C12H16FNO2S/c1-9-7-11(4-5-12(9)13)17(15,16)8-10-3-2-6-14-10/h4-5,7,10,14H,2-3,6,8H2,1H3. The lowest BCUT2D eigenvalue weighted by Crippen LogP contribution is -2.30. The topological polar surface area (TPSA) is 46.2 Å². The van der Waals surface area contributed by atoms with Gasteiger partial charge < -0.3 is 5.32 Å². The van der Waals surface area contributed by atoms with Gasteiger partial charge in [0.1, 0.15) is 5.82 Å². The molecule has 0 aromatic heterocycles. The Kier molecular flexibility index (Phi) is 3.49. The predicted molar refractivity (Wildman–Crippen MR) is 64.2 cm³/mol. The Morgan fingerprint density at radius 3 is 2.82 bits per heavy atom. The Labute approximate surface area is 101 Å². The van der Waals surface area contributed by atoms with Crippen LogP contribution in [0, 0.1) is 12.7 Å². The maximum atomic E-state index is 13.1. The number of hydrogen-bond donors (Lipinski definition) is 1. The fourth-order valence-corrected chi connectivity index (χ4v) is 3.71. The van der Waals surface area contributed by atoms with Gasteiger partial charge in [-0.2, -0.15) is 0 Å². The summed E-state index contributed by atoms with van der Waals surface area (Å²) in [7, 11) is -3.31. The van der Waals surface area contributed by atoms with E-state index in [1.165, 1.54) is 18.2 Å². The van der Waals surface area contributed by atoms with Crippen LogP contribution in [0.5, 0.6) is 0 Å². The number of hydrogen-bond acceptors (Lipinski definition) is 3. The molecule has 1 saturated heterocycles. The molecule has 1 aromatic carbocycles. The molecule has 0 bridgehead atoms. The normalized spacial score (nSPS) is 20.7. The molecule has 0 spiro atoms. The summed E-state index contributed by atoms with van der Waals surface area (Å²) in [5, 5.41) is 3.16. The van der Waals surface area contributed by atoms with Gasteiger partial charge in [-0.25, -0.2) is 12.8 Å². The molecule has 0 radical (unpaired) electrons. The average Bonchev–Trinajstić information content (AvgIpc) is 2.73. The van der Waals surface area contributed by atoms with E-state index in [-0.39, 0.29) is 22.5 Å². The van der Waals surface area contributed by atoms with E-state index in [9.17, 15) is 12.8 Å². The Morgan fingerprint density at radius 2 is 2.24 bits per heavy atom. The maximum Gasteiger partial charge on any atom is 0.179 e. The number of aryl methyl sites for hydroxylation is 1. The molecule has 1 aromatic rings. The van der Waals surface area contributed by atoms with E-state index >= 15 is 0 Å². The van der Waals surface area contributed by atoms with Crippen molar-refractivity contribution < 1.29 is 12.8 Å². The van der Waals surface area contributed by atoms with Gasteiger partial charge in [0.25, 0.3) is 0 Å². The first-order valence-corrected chi connectivity index (χ1v) is 7.36. The monoisotopic (exact) mass is 257 g/mol. The van der Waals surface area contributed by atoms with Crippen LogP contribution < -0.4 is 5.32 Å². The van der Waals surface area contributed by atoms with Gasteiger partial charge in [-0.1, -0.05) is 0 Å². The molecule has 1 aliphatic heterocycles. The molecule has 1 unspecified atom stereocenters. The fraction of sp³-hybridized carbons (Fsp3) is 0.500. The first-order chi connectivity index (χ1) is 7.99. The highest BCUT2D eigenvalue weighted by Gasteiger charge is 2.23. The van der Waals surface area contributed by atoms with Crippen molar-refractivity contribution in [2.75, 3.05) is 12.3 Å². The summed E-state index contributed by atoms with van der Waals surface area (Å²) in [4.78, 5) is 0.213. The third-order valence-corrected chi connectivity index (χ3v) is 4.88. The molecule has 1 atom stereocenters. The second kappa shape index (κ2) is 4.74. The molecular weight excluding hydrogens is 241 g/mol. The zero-order chi connectivity index (χ0) is 12.5. The lowest BCUT2D eigenvalue weighted by atomic mass is 10.2. The van der Waals surface area contributed by atoms with Gasteiger partial charge in [-0.15, -0.1) is 0 Å². The molecule has 1 fully saturated rings. The molecule has 0 saturated carbocycles. The van der Waals surface area contributed by atoms with Crippen LogP contribution in [0.2, 0.25) is 0 Å². The summed E-state index contributed by atoms with van der Waals surface area (Å²) in [6.07, 6.45) is 1.90. The van der Waals surface area contributed by atoms with Crippen molar-refractivity contribution in [2.45, 2.75) is 30.7 Å². The van der Waals surface area contributed by atoms with Crippen LogP contribution in [0.1, 0.15) is 18.4 Å². The fourth-order valence-electron chi connectivity index (χ4n) is 2.07. The van der Waals surface area contributed by atoms with Crippen molar-refractivity contribution in [3.63, 3.8) is 0 Å². The summed E-state index contributed by atoms with van der Waals surface area (Å²) in [5.41, 5.74) is 0.366. The van der Waals surface area contributed by atoms with E-state index in [2.05, 4.69) is 5.32 Å². The lowest BCUT2D eigenvalue weighted by molar-refractivity contribution is 0.575. The Morgan fingerprint density at radius 1 is 1.47 bits per heavy atom. The Hall–Kier alpha value is -0.940. The van der Waals surface area contributed by atoms with Crippen molar-refractivity contribution in [3.8, 4) is 0 Å². The number of sulfone groups is 1. The van der Waals surface area contributed by atoms with Crippen molar-refractivity contribution in [2.24, 2.45) is 0 Å². The number of rotatable bonds is 3. The third kappa shape index (κ3) is 2.84. The molecular formula is C12H16FNO2S. The number of nitrogens with one attached hydrogen (secondary N) is 1. The quantitative estimate of drug-likeness (QED) is 0.838. The zero-order valence-electron chi connectivity index (χ0n) is 9.74. The van der Waals surface area contributed by atoms with Crippen LogP contribution in [-0.2, 0) is 9.84 Å². The summed E-state index contributed by atoms with van der Waals surface area (Å²) < 4.78 is 37.3. The van der Waals surface area contributed by atoms with Crippen molar-refractivity contribution in [1.82, 2.24) is 5.32 Å². The molecule has 17 heavy (non-hydrogen) atoms. The van der Waals surface area contributed by atoms with Crippen molar-refractivity contribution >= 4 is 9.84 Å². The van der Waals surface area contributed by atoms with Gasteiger partial charge >= 0.3 is 0 Å². The van der Waals surface area contributed by atoms with Crippen molar-refractivity contribution in [1.29, 1.82) is 0 Å². The van der Waals surface area contributed by atoms with Crippen LogP contribution in [0.4, 0.5) is 4.39 Å². The van der Waals surface area contributed by atoms with Gasteiger partial charge in [0.15, 0.2) is 9.84 Å². The summed E-state index contributed by atoms with van der Waals surface area (Å²) in [5.74, 6) is -0.277. The predicted octanol–water partition coefficient (Wildman–Crippen LogP) is 1.66. The average molecular weight is 257 g/mol. The van der Waals surface area contributed by atoms with Gasteiger partial charge in [-0.3, -0.25) is 0 Å². The van der Waals surface area contributed by atoms with E-state index < -0.39 is 9.84 Å². The van der Waals surface area contributed by atoms with Crippen LogP contribution >= 0.6 is 0 Å². The largest absolute Gasteiger partial charge is 0.313 e. The maximum absolute atomic E-state index is 13.1. The van der Waals surface area contributed by atoms with E-state index in [0.717, 1.165) is 19.4 Å². The first kappa shape index (κ1) is 12.5. The minimum atomic E-state index is -3.31. The number of benzene rings is 1. The van der Waals surface area contributed by atoms with Gasteiger partial charge in [0.2, 0.25) is 0 Å². The molecule has 5 heteroatoms. The molecule has 3 nitrogen and oxygen atoms in total. The molecule has 0 aliphatic carbocycles. The lowest BCUT2D eigenvalue weighted by Gasteiger charge is -2.11. The zero-order valence-corrected chi connectivity index (χ0v) is 10.6. The smallest absolute Gasteiger partial charge is 0.179 e. The second-order valence-corrected chi connectivity index (χ2v) is 6.52. The van der Waals surface area contributed by atoms with Crippen LogP contribution in [0.3, 0.4) is 0 Å². The minimum Gasteiger partial charge on any atom is -0.313 e. The third-order valence-electron chi connectivity index (χ3n) is 3.07. The van der Waals surface area contributed by atoms with Gasteiger partial charge in [-0.05, 0) is 50.1 Å². The minimum absolute atomic E-state index is 0.0327. The Bertz CT molecular complexity index is 507. The van der Waals surface area contributed by atoms with E-state index in [4.69, 9.17) is 0 Å². The van der Waals surface area contributed by atoms with Crippen LogP contribution in [0.15, 0.2) is 23.1 Å². The summed E-state index contributed by atoms with van der Waals surface area (Å²) >= 11 is 0. The molecule has 2 rings (SSSR count). The molecule has 94 valence electrons. The van der Waals surface area contributed by atoms with Crippen LogP contribution in [-0.4, -0.2) is 26.8 Å². The Balaban J connectivity index is 2.21.